The summed E-state index contributed by atoms with van der Waals surface area (Å²) in [6.07, 6.45) is 1.73. The number of aromatic nitrogens is 1. The number of nitrogens with zero attached hydrogens (tertiary/aromatic N) is 3. The van der Waals surface area contributed by atoms with E-state index >= 15 is 0 Å². The van der Waals surface area contributed by atoms with Crippen molar-refractivity contribution in [2.24, 2.45) is 0 Å². The molecular formula is C18H19Cl2N3O3S2. The van der Waals surface area contributed by atoms with Gasteiger partial charge in [-0.05, 0) is 24.3 Å². The summed E-state index contributed by atoms with van der Waals surface area (Å²) in [6.45, 7) is 1.14. The van der Waals surface area contributed by atoms with Crippen molar-refractivity contribution in [2.75, 3.05) is 31.9 Å². The minimum absolute atomic E-state index is 0.00114. The smallest absolute Gasteiger partial charge is 0.244 e. The molecule has 0 aliphatic carbocycles. The molecule has 6 nitrogen and oxygen atoms in total. The van der Waals surface area contributed by atoms with Crippen LogP contribution in [0.25, 0.3) is 0 Å². The highest BCUT2D eigenvalue weighted by Crippen LogP contribution is 2.31. The third-order valence-electron chi connectivity index (χ3n) is 4.33. The van der Waals surface area contributed by atoms with E-state index in [4.69, 9.17) is 23.2 Å². The zero-order chi connectivity index (χ0) is 20.1. The number of hydrogen-bond donors (Lipinski definition) is 0. The zero-order valence-electron chi connectivity index (χ0n) is 14.9. The third kappa shape index (κ3) is 4.99. The first-order chi connectivity index (χ1) is 13.4. The molecule has 1 aliphatic rings. The van der Waals surface area contributed by atoms with E-state index in [1.807, 2.05) is 18.2 Å². The molecule has 0 atom stereocenters. The third-order valence-corrected chi connectivity index (χ3v) is 8.15. The van der Waals surface area contributed by atoms with Gasteiger partial charge in [0.05, 0.1) is 21.5 Å². The Morgan fingerprint density at radius 1 is 1.07 bits per heavy atom. The first-order valence-electron chi connectivity index (χ1n) is 8.59. The second-order valence-corrected chi connectivity index (χ2v) is 9.83. The van der Waals surface area contributed by atoms with Crippen LogP contribution < -0.4 is 0 Å². The number of sulfonamides is 1. The summed E-state index contributed by atoms with van der Waals surface area (Å²) < 4.78 is 27.0. The Morgan fingerprint density at radius 3 is 2.50 bits per heavy atom. The van der Waals surface area contributed by atoms with Gasteiger partial charge in [0.1, 0.15) is 4.90 Å². The van der Waals surface area contributed by atoms with E-state index in [0.29, 0.717) is 24.6 Å². The van der Waals surface area contributed by atoms with Crippen LogP contribution in [0.3, 0.4) is 0 Å². The van der Waals surface area contributed by atoms with Gasteiger partial charge >= 0.3 is 0 Å². The van der Waals surface area contributed by atoms with E-state index in [-0.39, 0.29) is 33.9 Å². The van der Waals surface area contributed by atoms with Crippen molar-refractivity contribution in [3.8, 4) is 0 Å². The van der Waals surface area contributed by atoms with Gasteiger partial charge in [0.2, 0.25) is 15.9 Å². The molecular weight excluding hydrogens is 441 g/mol. The number of thioether (sulfide) groups is 1. The van der Waals surface area contributed by atoms with Gasteiger partial charge in [-0.3, -0.25) is 9.78 Å². The summed E-state index contributed by atoms with van der Waals surface area (Å²) >= 11 is 13.5. The predicted molar refractivity (Wildman–Crippen MR) is 112 cm³/mol. The normalized spacial score (nSPS) is 15.6. The lowest BCUT2D eigenvalue weighted by Crippen LogP contribution is -2.51. The average molecular weight is 460 g/mol. The fourth-order valence-corrected chi connectivity index (χ4v) is 5.82. The van der Waals surface area contributed by atoms with Crippen molar-refractivity contribution in [3.05, 3.63) is 58.3 Å². The molecule has 0 bridgehead atoms. The zero-order valence-corrected chi connectivity index (χ0v) is 18.1. The summed E-state index contributed by atoms with van der Waals surface area (Å²) in [5.74, 6) is 0.997. The van der Waals surface area contributed by atoms with Gasteiger partial charge in [-0.25, -0.2) is 8.42 Å². The Labute approximate surface area is 178 Å². The van der Waals surface area contributed by atoms with Gasteiger partial charge in [-0.1, -0.05) is 35.3 Å². The van der Waals surface area contributed by atoms with Crippen LogP contribution >= 0.6 is 35.0 Å². The monoisotopic (exact) mass is 459 g/mol. The maximum absolute atomic E-state index is 12.8. The lowest BCUT2D eigenvalue weighted by molar-refractivity contribution is -0.129. The van der Waals surface area contributed by atoms with Crippen molar-refractivity contribution in [2.45, 2.75) is 10.6 Å². The minimum atomic E-state index is -3.75. The molecule has 10 heteroatoms. The molecule has 1 aromatic carbocycles. The lowest BCUT2D eigenvalue weighted by Gasteiger charge is -2.34. The van der Waals surface area contributed by atoms with E-state index in [2.05, 4.69) is 4.98 Å². The number of carbonyl (C=O) groups excluding carboxylic acids is 1. The van der Waals surface area contributed by atoms with Crippen molar-refractivity contribution in [1.82, 2.24) is 14.2 Å². The van der Waals surface area contributed by atoms with Crippen molar-refractivity contribution in [3.63, 3.8) is 0 Å². The molecule has 0 radical (unpaired) electrons. The number of pyridine rings is 1. The van der Waals surface area contributed by atoms with Gasteiger partial charge in [0.25, 0.3) is 0 Å². The number of rotatable bonds is 6. The Balaban J connectivity index is 1.53. The quantitative estimate of drug-likeness (QED) is 0.663. The molecule has 2 aromatic rings. The second-order valence-electron chi connectivity index (χ2n) is 6.15. The number of piperazine rings is 1. The van der Waals surface area contributed by atoms with Crippen LogP contribution in [-0.2, 0) is 20.6 Å². The standard InChI is InChI=1S/C18H19Cl2N3O3S2/c19-15-5-3-6-16(18(15)20)28(25,26)23-10-8-22(9-11-23)17(24)13-27-12-14-4-1-2-7-21-14/h1-7H,8-13H2. The average Bonchev–Trinajstić information content (AvgIpc) is 2.70. The number of carbonyl (C=O) groups is 1. The molecule has 1 saturated heterocycles. The van der Waals surface area contributed by atoms with Crippen molar-refractivity contribution >= 4 is 50.9 Å². The predicted octanol–water partition coefficient (Wildman–Crippen LogP) is 3.15. The molecule has 1 aliphatic heterocycles. The highest BCUT2D eigenvalue weighted by atomic mass is 35.5. The summed E-state index contributed by atoms with van der Waals surface area (Å²) in [5.41, 5.74) is 0.926. The summed E-state index contributed by atoms with van der Waals surface area (Å²) in [7, 11) is -3.75. The van der Waals surface area contributed by atoms with Crippen LogP contribution in [-0.4, -0.2) is 60.4 Å². The molecule has 2 heterocycles. The topological polar surface area (TPSA) is 70.6 Å². The Hall–Kier alpha value is -1.32. The first kappa shape index (κ1) is 21.4. The minimum Gasteiger partial charge on any atom is -0.339 e. The lowest BCUT2D eigenvalue weighted by atomic mass is 10.3. The fourth-order valence-electron chi connectivity index (χ4n) is 2.82. The Kier molecular flexibility index (Phi) is 7.22. The van der Waals surface area contributed by atoms with Gasteiger partial charge in [-0.15, -0.1) is 11.8 Å². The second kappa shape index (κ2) is 9.45. The Morgan fingerprint density at radius 2 is 1.82 bits per heavy atom. The fraction of sp³-hybridized carbons (Fsp3) is 0.333. The number of halogens is 2. The maximum Gasteiger partial charge on any atom is 0.244 e. The van der Waals surface area contributed by atoms with Crippen LogP contribution in [0.4, 0.5) is 0 Å². The molecule has 1 aromatic heterocycles. The number of benzene rings is 1. The van der Waals surface area contributed by atoms with E-state index in [1.165, 1.54) is 22.1 Å². The molecule has 0 spiro atoms. The highest BCUT2D eigenvalue weighted by Gasteiger charge is 2.31. The molecule has 28 heavy (non-hydrogen) atoms. The van der Waals surface area contributed by atoms with Gasteiger partial charge in [0.15, 0.2) is 0 Å². The molecule has 1 amide bonds. The maximum atomic E-state index is 12.8. The van der Waals surface area contributed by atoms with E-state index in [1.54, 1.807) is 23.2 Å². The molecule has 0 saturated carbocycles. The van der Waals surface area contributed by atoms with Crippen molar-refractivity contribution < 1.29 is 13.2 Å². The van der Waals surface area contributed by atoms with E-state index in [0.717, 1.165) is 5.69 Å². The van der Waals surface area contributed by atoms with Crippen LogP contribution in [0.1, 0.15) is 5.69 Å². The van der Waals surface area contributed by atoms with Gasteiger partial charge in [0, 0.05) is 38.1 Å². The summed E-state index contributed by atoms with van der Waals surface area (Å²) in [6, 6.07) is 10.2. The first-order valence-corrected chi connectivity index (χ1v) is 11.9. The van der Waals surface area contributed by atoms with Gasteiger partial charge < -0.3 is 4.90 Å². The SMILES string of the molecule is O=C(CSCc1ccccn1)N1CCN(S(=O)(=O)c2cccc(Cl)c2Cl)CC1. The molecule has 0 unspecified atom stereocenters. The van der Waals surface area contributed by atoms with Gasteiger partial charge in [-0.2, -0.15) is 4.31 Å². The van der Waals surface area contributed by atoms with Crippen LogP contribution in [0.2, 0.25) is 10.0 Å². The molecule has 0 N–H and O–H groups in total. The van der Waals surface area contributed by atoms with Crippen LogP contribution in [0, 0.1) is 0 Å². The molecule has 1 fully saturated rings. The van der Waals surface area contributed by atoms with Crippen LogP contribution in [0.15, 0.2) is 47.5 Å². The summed E-state index contributed by atoms with van der Waals surface area (Å²) in [4.78, 5) is 18.3. The molecule has 3 rings (SSSR count). The largest absolute Gasteiger partial charge is 0.339 e. The highest BCUT2D eigenvalue weighted by molar-refractivity contribution is 7.99. The Bertz CT molecular complexity index is 934. The van der Waals surface area contributed by atoms with Crippen molar-refractivity contribution in [1.29, 1.82) is 0 Å². The van der Waals surface area contributed by atoms with E-state index < -0.39 is 10.0 Å². The van der Waals surface area contributed by atoms with E-state index in [9.17, 15) is 13.2 Å². The number of amides is 1. The molecule has 150 valence electrons. The summed E-state index contributed by atoms with van der Waals surface area (Å²) in [5, 5.41) is 0.218. The van der Waals surface area contributed by atoms with Crippen LogP contribution in [0.5, 0.6) is 0 Å². The number of hydrogen-bond acceptors (Lipinski definition) is 5.